The summed E-state index contributed by atoms with van der Waals surface area (Å²) in [7, 11) is 0. The molecule has 0 aliphatic rings. The van der Waals surface area contributed by atoms with Crippen molar-refractivity contribution in [3.63, 3.8) is 0 Å². The van der Waals surface area contributed by atoms with Gasteiger partial charge in [0.2, 0.25) is 0 Å². The molecule has 0 saturated heterocycles. The van der Waals surface area contributed by atoms with Gasteiger partial charge in [-0.25, -0.2) is 0 Å². The molecular weight excluding hydrogens is 320 g/mol. The number of carbonyl (C=O) groups excluding carboxylic acids is 1. The van der Waals surface area contributed by atoms with Crippen LogP contribution in [0.25, 0.3) is 0 Å². The zero-order valence-electron chi connectivity index (χ0n) is 8.65. The fraction of sp³-hybridized carbons (Fsp3) is 0.364. The van der Waals surface area contributed by atoms with Crippen LogP contribution in [0.15, 0.2) is 22.7 Å². The van der Waals surface area contributed by atoms with Gasteiger partial charge in [0, 0.05) is 22.9 Å². The predicted molar refractivity (Wildman–Crippen MR) is 63.4 cm³/mol. The molecule has 0 atom stereocenters. The number of carbonyl (C=O) groups is 1. The molecule has 0 amide bonds. The highest BCUT2D eigenvalue weighted by Gasteiger charge is 2.26. The number of Topliss-reactive ketones (excluding diaryl/α,β-unsaturated/α-hetero) is 1. The highest BCUT2D eigenvalue weighted by atomic mass is 79.9. The summed E-state index contributed by atoms with van der Waals surface area (Å²) >= 11 is 8.89. The molecule has 0 heterocycles. The van der Waals surface area contributed by atoms with Crippen molar-refractivity contribution in [1.82, 2.24) is 0 Å². The van der Waals surface area contributed by atoms with E-state index in [1.54, 1.807) is 0 Å². The van der Waals surface area contributed by atoms with Crippen molar-refractivity contribution < 1.29 is 18.0 Å². The highest BCUT2D eigenvalue weighted by molar-refractivity contribution is 9.10. The molecule has 1 rings (SSSR count). The van der Waals surface area contributed by atoms with Gasteiger partial charge in [0.1, 0.15) is 0 Å². The molecule has 94 valence electrons. The van der Waals surface area contributed by atoms with E-state index in [9.17, 15) is 18.0 Å². The molecule has 0 radical (unpaired) electrons. The average Bonchev–Trinajstić information content (AvgIpc) is 2.20. The third kappa shape index (κ3) is 5.08. The third-order valence-electron chi connectivity index (χ3n) is 2.11. The first kappa shape index (κ1) is 14.5. The van der Waals surface area contributed by atoms with Gasteiger partial charge < -0.3 is 0 Å². The van der Waals surface area contributed by atoms with E-state index < -0.39 is 12.6 Å². The molecule has 0 bridgehead atoms. The second kappa shape index (κ2) is 5.87. The summed E-state index contributed by atoms with van der Waals surface area (Å²) in [5.74, 6) is -0.313. The number of halogens is 5. The quantitative estimate of drug-likeness (QED) is 0.709. The monoisotopic (exact) mass is 328 g/mol. The topological polar surface area (TPSA) is 17.1 Å². The van der Waals surface area contributed by atoms with Crippen LogP contribution in [0.1, 0.15) is 29.6 Å². The van der Waals surface area contributed by atoms with Crippen LogP contribution < -0.4 is 0 Å². The van der Waals surface area contributed by atoms with E-state index in [-0.39, 0.29) is 18.6 Å². The average molecular weight is 330 g/mol. The smallest absolute Gasteiger partial charge is 0.294 e. The normalized spacial score (nSPS) is 11.6. The van der Waals surface area contributed by atoms with Crippen LogP contribution >= 0.6 is 27.5 Å². The van der Waals surface area contributed by atoms with Crippen molar-refractivity contribution in [2.24, 2.45) is 0 Å². The molecule has 0 spiro atoms. The number of hydrogen-bond acceptors (Lipinski definition) is 1. The van der Waals surface area contributed by atoms with Crippen LogP contribution in [0.2, 0.25) is 5.02 Å². The Bertz CT molecular complexity index is 418. The maximum absolute atomic E-state index is 11.9. The maximum atomic E-state index is 11.9. The highest BCUT2D eigenvalue weighted by Crippen LogP contribution is 2.25. The fourth-order valence-electron chi connectivity index (χ4n) is 1.26. The fourth-order valence-corrected chi connectivity index (χ4v) is 1.76. The third-order valence-corrected chi connectivity index (χ3v) is 3.32. The Labute approximate surface area is 110 Å². The van der Waals surface area contributed by atoms with E-state index in [2.05, 4.69) is 15.9 Å². The molecule has 17 heavy (non-hydrogen) atoms. The van der Waals surface area contributed by atoms with Gasteiger partial charge in [0.05, 0.1) is 5.02 Å². The summed E-state index contributed by atoms with van der Waals surface area (Å²) < 4.78 is 36.2. The molecule has 1 aromatic rings. The first-order valence-corrected chi connectivity index (χ1v) is 6.02. The van der Waals surface area contributed by atoms with Gasteiger partial charge >= 0.3 is 6.18 Å². The second-order valence-corrected chi connectivity index (χ2v) is 4.78. The number of ketones is 1. The van der Waals surface area contributed by atoms with Crippen LogP contribution in [-0.2, 0) is 0 Å². The Hall–Kier alpha value is -0.550. The van der Waals surface area contributed by atoms with E-state index in [1.165, 1.54) is 18.2 Å². The van der Waals surface area contributed by atoms with Crippen LogP contribution in [-0.4, -0.2) is 12.0 Å². The van der Waals surface area contributed by atoms with E-state index >= 15 is 0 Å². The van der Waals surface area contributed by atoms with Gasteiger partial charge in [-0.15, -0.1) is 0 Å². The first-order chi connectivity index (χ1) is 7.79. The lowest BCUT2D eigenvalue weighted by Gasteiger charge is -2.06. The number of alkyl halides is 3. The van der Waals surface area contributed by atoms with E-state index in [0.717, 1.165) is 0 Å². The summed E-state index contributed by atoms with van der Waals surface area (Å²) in [6, 6.07) is 4.55. The van der Waals surface area contributed by atoms with Crippen LogP contribution in [0.4, 0.5) is 13.2 Å². The minimum Gasteiger partial charge on any atom is -0.294 e. The van der Waals surface area contributed by atoms with Gasteiger partial charge in [0.15, 0.2) is 5.78 Å². The predicted octanol–water partition coefficient (Wildman–Crippen LogP) is 5.02. The molecule has 0 N–H and O–H groups in total. The molecule has 0 aliphatic carbocycles. The van der Waals surface area contributed by atoms with Gasteiger partial charge in [0.25, 0.3) is 0 Å². The Balaban J connectivity index is 2.56. The van der Waals surface area contributed by atoms with E-state index in [4.69, 9.17) is 11.6 Å². The first-order valence-electron chi connectivity index (χ1n) is 4.84. The molecule has 1 aromatic carbocycles. The van der Waals surface area contributed by atoms with Crippen molar-refractivity contribution >= 4 is 33.3 Å². The van der Waals surface area contributed by atoms with Crippen LogP contribution in [0, 0.1) is 0 Å². The molecule has 0 unspecified atom stereocenters. The standard InChI is InChI=1S/C11H9BrClF3O/c12-8-6-7(3-4-9(8)13)10(17)2-1-5-11(14,15)16/h3-4,6H,1-2,5H2. The molecule has 0 aromatic heterocycles. The summed E-state index contributed by atoms with van der Waals surface area (Å²) in [4.78, 5) is 11.6. The van der Waals surface area contributed by atoms with Crippen LogP contribution in [0.3, 0.4) is 0 Å². The minimum atomic E-state index is -4.21. The Morgan fingerprint density at radius 1 is 1.35 bits per heavy atom. The summed E-state index contributed by atoms with van der Waals surface area (Å²) in [6.07, 6.45) is -5.45. The minimum absolute atomic E-state index is 0.117. The van der Waals surface area contributed by atoms with Gasteiger partial charge in [-0.05, 0) is 40.5 Å². The maximum Gasteiger partial charge on any atom is 0.389 e. The summed E-state index contributed by atoms with van der Waals surface area (Å²) in [6.45, 7) is 0. The second-order valence-electron chi connectivity index (χ2n) is 3.52. The van der Waals surface area contributed by atoms with Gasteiger partial charge in [-0.3, -0.25) is 4.79 Å². The Kier molecular flexibility index (Phi) is 5.01. The summed E-state index contributed by atoms with van der Waals surface area (Å²) in [5.41, 5.74) is 0.364. The summed E-state index contributed by atoms with van der Waals surface area (Å²) in [5, 5.41) is 0.455. The van der Waals surface area contributed by atoms with Gasteiger partial charge in [-0.1, -0.05) is 11.6 Å². The molecule has 0 aliphatic heterocycles. The lowest BCUT2D eigenvalue weighted by Crippen LogP contribution is -2.08. The van der Waals surface area contributed by atoms with Crippen molar-refractivity contribution in [1.29, 1.82) is 0 Å². The van der Waals surface area contributed by atoms with E-state index in [1.807, 2.05) is 0 Å². The molecule has 1 nitrogen and oxygen atoms in total. The zero-order valence-corrected chi connectivity index (χ0v) is 11.0. The Morgan fingerprint density at radius 2 is 2.00 bits per heavy atom. The number of benzene rings is 1. The van der Waals surface area contributed by atoms with Crippen molar-refractivity contribution in [2.45, 2.75) is 25.4 Å². The lowest BCUT2D eigenvalue weighted by molar-refractivity contribution is -0.135. The van der Waals surface area contributed by atoms with E-state index in [0.29, 0.717) is 15.1 Å². The SMILES string of the molecule is O=C(CCCC(F)(F)F)c1ccc(Cl)c(Br)c1. The van der Waals surface area contributed by atoms with Crippen molar-refractivity contribution in [3.8, 4) is 0 Å². The van der Waals surface area contributed by atoms with Crippen molar-refractivity contribution in [3.05, 3.63) is 33.3 Å². The largest absolute Gasteiger partial charge is 0.389 e. The number of hydrogen-bond donors (Lipinski definition) is 0. The Morgan fingerprint density at radius 3 is 2.53 bits per heavy atom. The van der Waals surface area contributed by atoms with Crippen molar-refractivity contribution in [2.75, 3.05) is 0 Å². The van der Waals surface area contributed by atoms with Crippen LogP contribution in [0.5, 0.6) is 0 Å². The molecule has 0 saturated carbocycles. The molecule has 6 heteroatoms. The zero-order chi connectivity index (χ0) is 13.1. The molecule has 0 fully saturated rings. The lowest BCUT2D eigenvalue weighted by atomic mass is 10.1. The van der Waals surface area contributed by atoms with Gasteiger partial charge in [-0.2, -0.15) is 13.2 Å². The molecular formula is C11H9BrClF3O. The number of rotatable bonds is 4.